The Kier molecular flexibility index (Phi) is 5.63. The van der Waals surface area contributed by atoms with E-state index in [-0.39, 0.29) is 0 Å². The summed E-state index contributed by atoms with van der Waals surface area (Å²) >= 11 is 0. The first-order chi connectivity index (χ1) is 12.7. The molecule has 0 aromatic carbocycles. The molecule has 3 fully saturated rings. The fraction of sp³-hybridized carbons (Fsp3) is 0.810. The minimum atomic E-state index is 0.381. The summed E-state index contributed by atoms with van der Waals surface area (Å²) in [6.45, 7) is 5.64. The lowest BCUT2D eigenvalue weighted by Crippen LogP contribution is -2.42. The molecule has 3 heterocycles. The van der Waals surface area contributed by atoms with Crippen molar-refractivity contribution in [3.63, 3.8) is 0 Å². The Morgan fingerprint density at radius 2 is 1.92 bits per heavy atom. The molecule has 2 saturated heterocycles. The van der Waals surface area contributed by atoms with E-state index in [9.17, 15) is 4.79 Å². The number of imidazole rings is 1. The minimum absolute atomic E-state index is 0.381. The molecule has 26 heavy (non-hydrogen) atoms. The quantitative estimate of drug-likeness (QED) is 0.821. The molecule has 1 saturated carbocycles. The van der Waals surface area contributed by atoms with Crippen molar-refractivity contribution in [1.29, 1.82) is 0 Å². The smallest absolute Gasteiger partial charge is 0.222 e. The highest BCUT2D eigenvalue weighted by atomic mass is 16.5. The summed E-state index contributed by atoms with van der Waals surface area (Å²) < 4.78 is 7.98. The number of carbonyl (C=O) groups is 1. The average molecular weight is 360 g/mol. The van der Waals surface area contributed by atoms with E-state index in [2.05, 4.69) is 16.4 Å². The molecule has 1 amide bonds. The molecule has 5 nitrogen and oxygen atoms in total. The van der Waals surface area contributed by atoms with Crippen LogP contribution in [0.15, 0.2) is 6.20 Å². The van der Waals surface area contributed by atoms with Crippen LogP contribution in [-0.2, 0) is 9.53 Å². The van der Waals surface area contributed by atoms with E-state index < -0.39 is 0 Å². The Morgan fingerprint density at radius 3 is 2.69 bits per heavy atom. The molecule has 0 spiro atoms. The highest BCUT2D eigenvalue weighted by molar-refractivity contribution is 5.76. The fourth-order valence-corrected chi connectivity index (χ4v) is 5.18. The number of ether oxygens (including phenoxy) is 1. The van der Waals surface area contributed by atoms with Gasteiger partial charge in [-0.25, -0.2) is 4.98 Å². The van der Waals surface area contributed by atoms with Crippen LogP contribution in [0.4, 0.5) is 0 Å². The number of nitrogens with zero attached hydrogens (tertiary/aromatic N) is 3. The molecule has 0 radical (unpaired) electrons. The van der Waals surface area contributed by atoms with Crippen molar-refractivity contribution in [1.82, 2.24) is 14.5 Å². The summed E-state index contributed by atoms with van der Waals surface area (Å²) in [5.74, 6) is 2.74. The van der Waals surface area contributed by atoms with Gasteiger partial charge in [-0.3, -0.25) is 4.79 Å². The van der Waals surface area contributed by atoms with Gasteiger partial charge in [0.1, 0.15) is 5.82 Å². The van der Waals surface area contributed by atoms with Crippen molar-refractivity contribution in [3.05, 3.63) is 17.7 Å². The highest BCUT2D eigenvalue weighted by Crippen LogP contribution is 2.33. The number of hydrogen-bond acceptors (Lipinski definition) is 3. The van der Waals surface area contributed by atoms with E-state index in [1.54, 1.807) is 0 Å². The third-order valence-electron chi connectivity index (χ3n) is 6.65. The molecule has 1 aliphatic carbocycles. The summed E-state index contributed by atoms with van der Waals surface area (Å²) in [5, 5.41) is 0. The SMILES string of the molecule is Cc1cnc(C2CCOCC2)n1C1CCCN(C(=O)CC2CCCC2)C1. The van der Waals surface area contributed by atoms with Gasteiger partial charge in [0.15, 0.2) is 0 Å². The van der Waals surface area contributed by atoms with E-state index in [0.717, 1.165) is 58.4 Å². The monoisotopic (exact) mass is 359 g/mol. The van der Waals surface area contributed by atoms with E-state index in [1.807, 2.05) is 6.20 Å². The van der Waals surface area contributed by atoms with E-state index in [4.69, 9.17) is 9.72 Å². The van der Waals surface area contributed by atoms with Gasteiger partial charge in [-0.15, -0.1) is 0 Å². The molecule has 0 N–H and O–H groups in total. The van der Waals surface area contributed by atoms with Crippen LogP contribution in [0.2, 0.25) is 0 Å². The third-order valence-corrected chi connectivity index (χ3v) is 6.65. The average Bonchev–Trinajstić information content (AvgIpc) is 3.32. The Morgan fingerprint density at radius 1 is 1.15 bits per heavy atom. The zero-order valence-electron chi connectivity index (χ0n) is 16.2. The fourth-order valence-electron chi connectivity index (χ4n) is 5.18. The van der Waals surface area contributed by atoms with Crippen molar-refractivity contribution in [2.24, 2.45) is 5.92 Å². The number of carbonyl (C=O) groups excluding carboxylic acids is 1. The topological polar surface area (TPSA) is 47.4 Å². The first-order valence-corrected chi connectivity index (χ1v) is 10.6. The van der Waals surface area contributed by atoms with Crippen LogP contribution in [0.1, 0.15) is 81.3 Å². The lowest BCUT2D eigenvalue weighted by atomic mass is 9.97. The molecule has 0 bridgehead atoms. The summed E-state index contributed by atoms with van der Waals surface area (Å²) in [6, 6.07) is 0.386. The first kappa shape index (κ1) is 18.0. The maximum absolute atomic E-state index is 12.8. The van der Waals surface area contributed by atoms with Crippen LogP contribution < -0.4 is 0 Å². The largest absolute Gasteiger partial charge is 0.381 e. The minimum Gasteiger partial charge on any atom is -0.381 e. The molecular weight excluding hydrogens is 326 g/mol. The van der Waals surface area contributed by atoms with Gasteiger partial charge < -0.3 is 14.2 Å². The predicted octanol–water partition coefficient (Wildman–Crippen LogP) is 3.83. The van der Waals surface area contributed by atoms with Gasteiger partial charge in [0.2, 0.25) is 5.91 Å². The van der Waals surface area contributed by atoms with E-state index in [1.165, 1.54) is 37.2 Å². The second-order valence-corrected chi connectivity index (χ2v) is 8.50. The molecule has 1 aromatic rings. The number of hydrogen-bond donors (Lipinski definition) is 0. The zero-order chi connectivity index (χ0) is 17.9. The van der Waals surface area contributed by atoms with Gasteiger partial charge >= 0.3 is 0 Å². The molecule has 2 aliphatic heterocycles. The first-order valence-electron chi connectivity index (χ1n) is 10.6. The molecule has 1 aromatic heterocycles. The van der Waals surface area contributed by atoms with Crippen LogP contribution in [0, 0.1) is 12.8 Å². The molecule has 144 valence electrons. The van der Waals surface area contributed by atoms with Crippen LogP contribution >= 0.6 is 0 Å². The second kappa shape index (κ2) is 8.12. The van der Waals surface area contributed by atoms with Gasteiger partial charge in [-0.05, 0) is 51.4 Å². The van der Waals surface area contributed by atoms with Gasteiger partial charge in [-0.1, -0.05) is 12.8 Å². The van der Waals surface area contributed by atoms with Crippen molar-refractivity contribution < 1.29 is 9.53 Å². The number of likely N-dealkylation sites (tertiary alicyclic amines) is 1. The lowest BCUT2D eigenvalue weighted by molar-refractivity contribution is -0.133. The summed E-state index contributed by atoms with van der Waals surface area (Å²) in [6.07, 6.45) is 12.3. The zero-order valence-corrected chi connectivity index (χ0v) is 16.2. The molecule has 1 unspecified atom stereocenters. The Balaban J connectivity index is 1.45. The maximum Gasteiger partial charge on any atom is 0.222 e. The molecule has 5 heteroatoms. The standard InChI is InChI=1S/C21H33N3O2/c1-16-14-22-21(18-8-11-26-12-9-18)24(16)19-7-4-10-23(15-19)20(25)13-17-5-2-3-6-17/h14,17-19H,2-13,15H2,1H3. The van der Waals surface area contributed by atoms with Crippen molar-refractivity contribution >= 4 is 5.91 Å². The van der Waals surface area contributed by atoms with Gasteiger partial charge in [0, 0.05) is 50.5 Å². The summed E-state index contributed by atoms with van der Waals surface area (Å²) in [7, 11) is 0. The summed E-state index contributed by atoms with van der Waals surface area (Å²) in [4.78, 5) is 19.7. The highest BCUT2D eigenvalue weighted by Gasteiger charge is 2.31. The van der Waals surface area contributed by atoms with E-state index in [0.29, 0.717) is 23.8 Å². The van der Waals surface area contributed by atoms with Gasteiger partial charge in [0.05, 0.1) is 6.04 Å². The third kappa shape index (κ3) is 3.83. The lowest BCUT2D eigenvalue weighted by Gasteiger charge is -2.36. The van der Waals surface area contributed by atoms with Crippen molar-refractivity contribution in [2.45, 2.75) is 76.7 Å². The predicted molar refractivity (Wildman–Crippen MR) is 101 cm³/mol. The second-order valence-electron chi connectivity index (χ2n) is 8.50. The van der Waals surface area contributed by atoms with Crippen molar-refractivity contribution in [3.8, 4) is 0 Å². The molecule has 4 rings (SSSR count). The number of rotatable bonds is 4. The van der Waals surface area contributed by atoms with Crippen LogP contribution in [0.3, 0.4) is 0 Å². The Hall–Kier alpha value is -1.36. The number of aryl methyl sites for hydroxylation is 1. The Bertz CT molecular complexity index is 615. The van der Waals surface area contributed by atoms with Crippen LogP contribution in [-0.4, -0.2) is 46.7 Å². The number of aromatic nitrogens is 2. The van der Waals surface area contributed by atoms with Gasteiger partial charge in [-0.2, -0.15) is 0 Å². The van der Waals surface area contributed by atoms with Crippen molar-refractivity contribution in [2.75, 3.05) is 26.3 Å². The number of amides is 1. The molecular formula is C21H33N3O2. The normalized spacial score (nSPS) is 25.7. The molecule has 3 aliphatic rings. The Labute approximate surface area is 157 Å². The van der Waals surface area contributed by atoms with Gasteiger partial charge in [0.25, 0.3) is 0 Å². The van der Waals surface area contributed by atoms with Crippen LogP contribution in [0.5, 0.6) is 0 Å². The summed E-state index contributed by atoms with van der Waals surface area (Å²) in [5.41, 5.74) is 1.24. The van der Waals surface area contributed by atoms with E-state index >= 15 is 0 Å². The van der Waals surface area contributed by atoms with Crippen LogP contribution in [0.25, 0.3) is 0 Å². The maximum atomic E-state index is 12.8. The number of piperidine rings is 1. The molecule has 1 atom stereocenters.